The van der Waals surface area contributed by atoms with Crippen LogP contribution in [0.15, 0.2) is 18.6 Å². The fourth-order valence-electron chi connectivity index (χ4n) is 1.32. The largest absolute Gasteiger partial charge is 0.364 e. The van der Waals surface area contributed by atoms with Crippen molar-refractivity contribution in [2.24, 2.45) is 5.73 Å². The number of nitrogens with zero attached hydrogens (tertiary/aromatic N) is 3. The van der Waals surface area contributed by atoms with Crippen molar-refractivity contribution in [3.05, 3.63) is 30.0 Å². The summed E-state index contributed by atoms with van der Waals surface area (Å²) in [6.45, 7) is 1.74. The van der Waals surface area contributed by atoms with E-state index in [4.69, 9.17) is 5.73 Å². The van der Waals surface area contributed by atoms with Crippen LogP contribution in [0.3, 0.4) is 0 Å². The summed E-state index contributed by atoms with van der Waals surface area (Å²) < 4.78 is 1.63. The minimum Gasteiger partial charge on any atom is -0.364 e. The van der Waals surface area contributed by atoms with Gasteiger partial charge in [-0.05, 0) is 6.92 Å². The van der Waals surface area contributed by atoms with Crippen molar-refractivity contribution in [2.45, 2.75) is 6.92 Å². The Balaban J connectivity index is 2.86. The lowest BCUT2D eigenvalue weighted by atomic mass is 10.3. The number of carbonyl (C=O) groups excluding carboxylic acids is 1. The second kappa shape index (κ2) is 2.55. The normalized spacial score (nSPS) is 10.5. The molecule has 2 rings (SSSR count). The smallest absolute Gasteiger partial charge is 0.267 e. The van der Waals surface area contributed by atoms with Crippen LogP contribution in [0.2, 0.25) is 0 Å². The second-order valence-electron chi connectivity index (χ2n) is 2.71. The monoisotopic (exact) mass is 176 g/mol. The molecule has 0 aliphatic heterocycles. The number of aromatic nitrogens is 3. The van der Waals surface area contributed by atoms with Crippen LogP contribution >= 0.6 is 0 Å². The Hall–Kier alpha value is -1.91. The molecule has 0 atom stereocenters. The number of hydrogen-bond acceptors (Lipinski definition) is 3. The van der Waals surface area contributed by atoms with Crippen molar-refractivity contribution in [1.29, 1.82) is 0 Å². The van der Waals surface area contributed by atoms with E-state index < -0.39 is 5.91 Å². The van der Waals surface area contributed by atoms with Crippen molar-refractivity contribution >= 4 is 11.6 Å². The van der Waals surface area contributed by atoms with Gasteiger partial charge in [-0.1, -0.05) is 0 Å². The summed E-state index contributed by atoms with van der Waals surface area (Å²) in [7, 11) is 0. The molecule has 5 nitrogen and oxygen atoms in total. The van der Waals surface area contributed by atoms with Gasteiger partial charge in [-0.25, -0.2) is 4.98 Å². The third-order valence-corrected chi connectivity index (χ3v) is 1.84. The highest BCUT2D eigenvalue weighted by atomic mass is 16.1. The van der Waals surface area contributed by atoms with Gasteiger partial charge in [0.1, 0.15) is 5.69 Å². The van der Waals surface area contributed by atoms with Crippen molar-refractivity contribution in [3.63, 3.8) is 0 Å². The Bertz CT molecular complexity index is 474. The van der Waals surface area contributed by atoms with Gasteiger partial charge in [0.2, 0.25) is 0 Å². The van der Waals surface area contributed by atoms with Crippen molar-refractivity contribution in [3.8, 4) is 0 Å². The number of fused-ring (bicyclic) bond motifs is 1. The van der Waals surface area contributed by atoms with E-state index in [-0.39, 0.29) is 0 Å². The minimum atomic E-state index is -0.476. The summed E-state index contributed by atoms with van der Waals surface area (Å²) in [4.78, 5) is 19.1. The molecule has 0 unspecified atom stereocenters. The Morgan fingerprint density at radius 3 is 3.08 bits per heavy atom. The highest BCUT2D eigenvalue weighted by Gasteiger charge is 2.12. The number of hydrogen-bond donors (Lipinski definition) is 1. The molecule has 0 aromatic carbocycles. The highest BCUT2D eigenvalue weighted by Crippen LogP contribution is 2.09. The van der Waals surface area contributed by atoms with Gasteiger partial charge in [-0.3, -0.25) is 14.2 Å². The van der Waals surface area contributed by atoms with E-state index in [0.29, 0.717) is 17.0 Å². The summed E-state index contributed by atoms with van der Waals surface area (Å²) in [5.74, 6) is -0.476. The van der Waals surface area contributed by atoms with Gasteiger partial charge >= 0.3 is 0 Å². The molecule has 13 heavy (non-hydrogen) atoms. The lowest BCUT2D eigenvalue weighted by Gasteiger charge is -1.95. The van der Waals surface area contributed by atoms with Crippen LogP contribution in [-0.4, -0.2) is 20.3 Å². The molecular weight excluding hydrogens is 168 g/mol. The van der Waals surface area contributed by atoms with Crippen molar-refractivity contribution in [1.82, 2.24) is 14.4 Å². The van der Waals surface area contributed by atoms with Gasteiger partial charge in [0.15, 0.2) is 5.65 Å². The number of amides is 1. The van der Waals surface area contributed by atoms with Crippen LogP contribution in [0.4, 0.5) is 0 Å². The Kier molecular flexibility index (Phi) is 1.51. The third-order valence-electron chi connectivity index (χ3n) is 1.84. The molecule has 0 aliphatic rings. The molecule has 0 radical (unpaired) electrons. The predicted octanol–water partition coefficient (Wildman–Crippen LogP) is 0.137. The third kappa shape index (κ3) is 1.05. The average molecular weight is 176 g/mol. The molecule has 0 aliphatic carbocycles. The molecule has 0 saturated carbocycles. The van der Waals surface area contributed by atoms with Crippen molar-refractivity contribution < 1.29 is 4.79 Å². The number of rotatable bonds is 1. The first-order chi connectivity index (χ1) is 6.20. The van der Waals surface area contributed by atoms with E-state index in [1.165, 1.54) is 0 Å². The van der Waals surface area contributed by atoms with Gasteiger partial charge in [-0.2, -0.15) is 0 Å². The maximum absolute atomic E-state index is 11.0. The number of imidazole rings is 1. The molecule has 2 N–H and O–H groups in total. The van der Waals surface area contributed by atoms with Crippen LogP contribution in [-0.2, 0) is 0 Å². The van der Waals surface area contributed by atoms with Crippen LogP contribution in [0.5, 0.6) is 0 Å². The first-order valence-corrected chi connectivity index (χ1v) is 3.78. The van der Waals surface area contributed by atoms with Gasteiger partial charge in [0, 0.05) is 12.4 Å². The summed E-state index contributed by atoms with van der Waals surface area (Å²) in [6.07, 6.45) is 4.83. The summed E-state index contributed by atoms with van der Waals surface area (Å²) in [5, 5.41) is 0. The van der Waals surface area contributed by atoms with Gasteiger partial charge in [-0.15, -0.1) is 0 Å². The molecule has 0 fully saturated rings. The van der Waals surface area contributed by atoms with Crippen LogP contribution in [0.25, 0.3) is 5.65 Å². The van der Waals surface area contributed by atoms with E-state index in [2.05, 4.69) is 9.97 Å². The Labute approximate surface area is 74.2 Å². The van der Waals surface area contributed by atoms with Gasteiger partial charge in [0.25, 0.3) is 5.91 Å². The molecule has 0 spiro atoms. The number of nitrogens with two attached hydrogens (primary N) is 1. The van der Waals surface area contributed by atoms with E-state index in [9.17, 15) is 4.79 Å². The van der Waals surface area contributed by atoms with E-state index >= 15 is 0 Å². The highest BCUT2D eigenvalue weighted by molar-refractivity contribution is 5.93. The van der Waals surface area contributed by atoms with Crippen molar-refractivity contribution in [2.75, 3.05) is 0 Å². The summed E-state index contributed by atoms with van der Waals surface area (Å²) >= 11 is 0. The lowest BCUT2D eigenvalue weighted by molar-refractivity contribution is 0.0994. The first kappa shape index (κ1) is 7.72. The number of primary amides is 1. The fraction of sp³-hybridized carbons (Fsp3) is 0.125. The van der Waals surface area contributed by atoms with Crippen LogP contribution in [0, 0.1) is 6.92 Å². The first-order valence-electron chi connectivity index (χ1n) is 3.78. The van der Waals surface area contributed by atoms with Gasteiger partial charge < -0.3 is 5.73 Å². The number of aryl methyl sites for hydroxylation is 1. The summed E-state index contributed by atoms with van der Waals surface area (Å²) in [5.41, 5.74) is 6.88. The second-order valence-corrected chi connectivity index (χ2v) is 2.71. The molecule has 2 aromatic rings. The zero-order valence-corrected chi connectivity index (χ0v) is 7.06. The SMILES string of the molecule is Cc1nc2cnccn2c1C(N)=O. The molecule has 0 saturated heterocycles. The molecule has 66 valence electrons. The van der Waals surface area contributed by atoms with E-state index in [1.54, 1.807) is 29.9 Å². The topological polar surface area (TPSA) is 73.3 Å². The quantitative estimate of drug-likeness (QED) is 0.671. The van der Waals surface area contributed by atoms with Gasteiger partial charge in [0.05, 0.1) is 11.9 Å². The Morgan fingerprint density at radius 1 is 1.62 bits per heavy atom. The number of carbonyl (C=O) groups is 1. The Morgan fingerprint density at radius 2 is 2.38 bits per heavy atom. The van der Waals surface area contributed by atoms with E-state index in [1.807, 2.05) is 0 Å². The van der Waals surface area contributed by atoms with Crippen LogP contribution < -0.4 is 5.73 Å². The molecular formula is C8H8N4O. The maximum atomic E-state index is 11.0. The predicted molar refractivity (Wildman–Crippen MR) is 46.2 cm³/mol. The molecule has 2 aromatic heterocycles. The minimum absolute atomic E-state index is 0.414. The average Bonchev–Trinajstić information content (AvgIpc) is 2.39. The maximum Gasteiger partial charge on any atom is 0.267 e. The van der Waals surface area contributed by atoms with E-state index in [0.717, 1.165) is 0 Å². The zero-order chi connectivity index (χ0) is 9.42. The zero-order valence-electron chi connectivity index (χ0n) is 7.06. The molecule has 0 bridgehead atoms. The molecule has 2 heterocycles. The lowest BCUT2D eigenvalue weighted by Crippen LogP contribution is -2.14. The molecule has 5 heteroatoms. The summed E-state index contributed by atoms with van der Waals surface area (Å²) in [6, 6.07) is 0. The fourth-order valence-corrected chi connectivity index (χ4v) is 1.32. The van der Waals surface area contributed by atoms with Crippen LogP contribution in [0.1, 0.15) is 16.2 Å². The standard InChI is InChI=1S/C8H8N4O/c1-5-7(8(9)13)12-3-2-10-4-6(12)11-5/h2-4H,1H3,(H2,9,13). The molecule has 1 amide bonds.